The summed E-state index contributed by atoms with van der Waals surface area (Å²) in [5.41, 5.74) is 7.26. The minimum atomic E-state index is -0.337. The molecule has 0 amide bonds. The largest absolute Gasteiger partial charge is 0.463 e. The van der Waals surface area contributed by atoms with Gasteiger partial charge in [0.25, 0.3) is 0 Å². The van der Waals surface area contributed by atoms with Gasteiger partial charge in [0.05, 0.1) is 6.26 Å². The molecule has 0 N–H and O–H groups in total. The average Bonchev–Trinajstić information content (AvgIpc) is 3.14. The van der Waals surface area contributed by atoms with Crippen LogP contribution in [0.15, 0.2) is 86.6 Å². The molecule has 2 aromatic heterocycles. The molecular formula is C25H18O3. The number of hydrogen-bond donors (Lipinski definition) is 0. The van der Waals surface area contributed by atoms with Crippen LogP contribution in [0.4, 0.5) is 0 Å². The van der Waals surface area contributed by atoms with Gasteiger partial charge in [0, 0.05) is 28.0 Å². The van der Waals surface area contributed by atoms with Crippen LogP contribution in [0.1, 0.15) is 11.1 Å². The molecule has 136 valence electrons. The highest BCUT2D eigenvalue weighted by Crippen LogP contribution is 2.37. The zero-order valence-electron chi connectivity index (χ0n) is 15.7. The minimum Gasteiger partial charge on any atom is -0.463 e. The Labute approximate surface area is 161 Å². The lowest BCUT2D eigenvalue weighted by Crippen LogP contribution is -1.99. The number of aryl methyl sites for hydroxylation is 2. The second-order valence-corrected chi connectivity index (χ2v) is 7.10. The SMILES string of the molecule is Cc1cc(=O)oc2c(C)c3occ(-c4ccc(-c5ccccc5)cc4)c3cc12. The third-order valence-corrected chi connectivity index (χ3v) is 5.31. The molecule has 5 rings (SSSR count). The smallest absolute Gasteiger partial charge is 0.336 e. The lowest BCUT2D eigenvalue weighted by atomic mass is 9.98. The highest BCUT2D eigenvalue weighted by Gasteiger charge is 2.16. The lowest BCUT2D eigenvalue weighted by Gasteiger charge is -2.06. The van der Waals surface area contributed by atoms with Crippen LogP contribution in [0.3, 0.4) is 0 Å². The fraction of sp³-hybridized carbons (Fsp3) is 0.0800. The van der Waals surface area contributed by atoms with Crippen molar-refractivity contribution in [2.75, 3.05) is 0 Å². The summed E-state index contributed by atoms with van der Waals surface area (Å²) in [6, 6.07) is 22.4. The van der Waals surface area contributed by atoms with Gasteiger partial charge >= 0.3 is 5.63 Å². The van der Waals surface area contributed by atoms with Gasteiger partial charge in [0.15, 0.2) is 0 Å². The number of rotatable bonds is 2. The van der Waals surface area contributed by atoms with E-state index in [1.54, 1.807) is 6.26 Å². The van der Waals surface area contributed by atoms with Gasteiger partial charge in [-0.05, 0) is 42.2 Å². The molecule has 0 fully saturated rings. The topological polar surface area (TPSA) is 43.4 Å². The van der Waals surface area contributed by atoms with E-state index in [0.29, 0.717) is 5.58 Å². The van der Waals surface area contributed by atoms with Gasteiger partial charge in [0.2, 0.25) is 0 Å². The molecule has 28 heavy (non-hydrogen) atoms. The summed E-state index contributed by atoms with van der Waals surface area (Å²) in [5.74, 6) is 0. The van der Waals surface area contributed by atoms with Gasteiger partial charge in [-0.15, -0.1) is 0 Å². The highest BCUT2D eigenvalue weighted by atomic mass is 16.4. The summed E-state index contributed by atoms with van der Waals surface area (Å²) in [6.45, 7) is 3.86. The van der Waals surface area contributed by atoms with Crippen molar-refractivity contribution in [1.29, 1.82) is 0 Å². The van der Waals surface area contributed by atoms with Gasteiger partial charge in [-0.25, -0.2) is 4.79 Å². The van der Waals surface area contributed by atoms with Gasteiger partial charge in [-0.2, -0.15) is 0 Å². The third kappa shape index (κ3) is 2.55. The Kier molecular flexibility index (Phi) is 3.69. The number of furan rings is 1. The van der Waals surface area contributed by atoms with Crippen molar-refractivity contribution in [3.05, 3.63) is 94.5 Å². The van der Waals surface area contributed by atoms with E-state index in [2.05, 4.69) is 42.5 Å². The quantitative estimate of drug-likeness (QED) is 0.335. The molecule has 0 unspecified atom stereocenters. The average molecular weight is 366 g/mol. The molecule has 3 aromatic carbocycles. The maximum atomic E-state index is 11.8. The van der Waals surface area contributed by atoms with E-state index in [1.807, 2.05) is 32.0 Å². The van der Waals surface area contributed by atoms with E-state index in [1.165, 1.54) is 17.2 Å². The fourth-order valence-corrected chi connectivity index (χ4v) is 3.82. The Morgan fingerprint density at radius 2 is 1.39 bits per heavy atom. The second kappa shape index (κ2) is 6.24. The van der Waals surface area contributed by atoms with E-state index in [0.717, 1.165) is 38.6 Å². The first-order valence-electron chi connectivity index (χ1n) is 9.23. The standard InChI is InChI=1S/C25H18O3/c1-15-12-23(26)28-25-16(2)24-21(13-20(15)25)22(14-27-24)19-10-8-18(9-11-19)17-6-4-3-5-7-17/h3-14H,1-2H3. The Morgan fingerprint density at radius 3 is 2.14 bits per heavy atom. The Morgan fingerprint density at radius 1 is 0.714 bits per heavy atom. The molecular weight excluding hydrogens is 348 g/mol. The molecule has 2 heterocycles. The summed E-state index contributed by atoms with van der Waals surface area (Å²) >= 11 is 0. The van der Waals surface area contributed by atoms with E-state index < -0.39 is 0 Å². The molecule has 3 heteroatoms. The fourth-order valence-electron chi connectivity index (χ4n) is 3.82. The Hall–Kier alpha value is -3.59. The monoisotopic (exact) mass is 366 g/mol. The van der Waals surface area contributed by atoms with Crippen LogP contribution in [-0.4, -0.2) is 0 Å². The number of fused-ring (bicyclic) bond motifs is 2. The molecule has 5 aromatic rings. The molecule has 0 atom stereocenters. The summed E-state index contributed by atoms with van der Waals surface area (Å²) in [4.78, 5) is 11.8. The highest BCUT2D eigenvalue weighted by molar-refractivity contribution is 6.04. The van der Waals surface area contributed by atoms with Crippen molar-refractivity contribution in [2.45, 2.75) is 13.8 Å². The molecule has 0 aliphatic carbocycles. The molecule has 0 aliphatic rings. The molecule has 0 spiro atoms. The predicted molar refractivity (Wildman–Crippen MR) is 113 cm³/mol. The molecule has 0 bridgehead atoms. The van der Waals surface area contributed by atoms with E-state index in [4.69, 9.17) is 8.83 Å². The molecule has 3 nitrogen and oxygen atoms in total. The lowest BCUT2D eigenvalue weighted by molar-refractivity contribution is 0.555. The van der Waals surface area contributed by atoms with Crippen molar-refractivity contribution >= 4 is 21.9 Å². The van der Waals surface area contributed by atoms with Crippen molar-refractivity contribution in [3.63, 3.8) is 0 Å². The van der Waals surface area contributed by atoms with Crippen LogP contribution in [0.25, 0.3) is 44.2 Å². The van der Waals surface area contributed by atoms with Crippen molar-refractivity contribution < 1.29 is 8.83 Å². The summed E-state index contributed by atoms with van der Waals surface area (Å²) < 4.78 is 11.3. The van der Waals surface area contributed by atoms with E-state index in [-0.39, 0.29) is 5.63 Å². The van der Waals surface area contributed by atoms with Gasteiger partial charge in [0.1, 0.15) is 11.2 Å². The molecule has 0 saturated heterocycles. The maximum Gasteiger partial charge on any atom is 0.336 e. The third-order valence-electron chi connectivity index (χ3n) is 5.31. The van der Waals surface area contributed by atoms with Gasteiger partial charge in [-0.1, -0.05) is 54.6 Å². The molecule has 0 saturated carbocycles. The van der Waals surface area contributed by atoms with Crippen LogP contribution >= 0.6 is 0 Å². The van der Waals surface area contributed by atoms with Crippen LogP contribution < -0.4 is 5.63 Å². The van der Waals surface area contributed by atoms with Crippen molar-refractivity contribution in [1.82, 2.24) is 0 Å². The number of benzene rings is 3. The molecule has 0 radical (unpaired) electrons. The second-order valence-electron chi connectivity index (χ2n) is 7.10. The van der Waals surface area contributed by atoms with Crippen LogP contribution in [0.2, 0.25) is 0 Å². The first-order valence-corrected chi connectivity index (χ1v) is 9.23. The maximum absolute atomic E-state index is 11.8. The predicted octanol–water partition coefficient (Wildman–Crippen LogP) is 6.49. The van der Waals surface area contributed by atoms with Crippen LogP contribution in [-0.2, 0) is 0 Å². The summed E-state index contributed by atoms with van der Waals surface area (Å²) in [6.07, 6.45) is 1.78. The first kappa shape index (κ1) is 16.6. The molecule has 0 aliphatic heterocycles. The number of hydrogen-bond acceptors (Lipinski definition) is 3. The zero-order valence-corrected chi connectivity index (χ0v) is 15.7. The summed E-state index contributed by atoms with van der Waals surface area (Å²) in [5, 5.41) is 1.96. The van der Waals surface area contributed by atoms with Crippen molar-refractivity contribution in [2.24, 2.45) is 0 Å². The first-order chi connectivity index (χ1) is 13.6. The minimum absolute atomic E-state index is 0.337. The van der Waals surface area contributed by atoms with E-state index >= 15 is 0 Å². The van der Waals surface area contributed by atoms with Gasteiger partial charge < -0.3 is 8.83 Å². The Balaban J connectivity index is 1.68. The summed E-state index contributed by atoms with van der Waals surface area (Å²) in [7, 11) is 0. The normalized spacial score (nSPS) is 11.4. The van der Waals surface area contributed by atoms with E-state index in [9.17, 15) is 4.79 Å². The van der Waals surface area contributed by atoms with Gasteiger partial charge in [-0.3, -0.25) is 0 Å². The van der Waals surface area contributed by atoms with Crippen LogP contribution in [0.5, 0.6) is 0 Å². The van der Waals surface area contributed by atoms with Crippen molar-refractivity contribution in [3.8, 4) is 22.3 Å². The van der Waals surface area contributed by atoms with Crippen LogP contribution in [0, 0.1) is 13.8 Å². The Bertz CT molecular complexity index is 1370. The zero-order chi connectivity index (χ0) is 19.3.